The van der Waals surface area contributed by atoms with Gasteiger partial charge >= 0.3 is 0 Å². The van der Waals surface area contributed by atoms with E-state index in [-0.39, 0.29) is 31.7 Å². The molecule has 14 nitrogen and oxygen atoms in total. The Morgan fingerprint density at radius 2 is 1.61 bits per heavy atom. The number of aryl methyl sites for hydroxylation is 2. The monoisotopic (exact) mass is 817 g/mol. The minimum Gasteiger partial charge on any atom is -0.377 e. The number of rotatable bonds is 17. The van der Waals surface area contributed by atoms with Crippen molar-refractivity contribution >= 4 is 65.6 Å². The molecule has 0 unspecified atom stereocenters. The quantitative estimate of drug-likeness (QED) is 0.102. The number of aliphatic imine (C=N–C) groups is 1. The fourth-order valence-corrected chi connectivity index (χ4v) is 7.71. The largest absolute Gasteiger partial charge is 0.377 e. The number of hydrogen-bond donors (Lipinski definition) is 3. The number of nitrogens with one attached hydrogen (secondary N) is 3. The first kappa shape index (κ1) is 40.9. The predicted octanol–water partition coefficient (Wildman–Crippen LogP) is 5.53. The van der Waals surface area contributed by atoms with Crippen molar-refractivity contribution in [3.8, 4) is 16.1 Å². The molecule has 0 fully saturated rings. The number of benzene rings is 1. The number of pyridine rings is 2. The first-order valence-electron chi connectivity index (χ1n) is 18.1. The van der Waals surface area contributed by atoms with Crippen LogP contribution in [-0.2, 0) is 30.2 Å². The standard InChI is InChI=1S/C39H42ClN9O5S.H2S/c1-23-24(2)55-39-35(23)36(26-4-7-30(40)8-5-26)45-31(38-48-47-25(3)49(38)39)20-33(50)42-11-13-53-15-17-54-16-14-52-12-10-41-32-9-6-27(21-43-32)29-18-28-19-34(51)46-37(28)44-22-29;/h4-9,18,21-22,31H,10-17,19-20H2,1-3H3,(H,41,43)(H,42,50)(H,44,46,51);1H2/t31-;/m0./s1. The molecule has 4 aromatic heterocycles. The zero-order valence-corrected chi connectivity index (χ0v) is 33.9. The molecule has 2 aliphatic rings. The predicted molar refractivity (Wildman–Crippen MR) is 222 cm³/mol. The summed E-state index contributed by atoms with van der Waals surface area (Å²) in [6, 6.07) is 12.9. The zero-order chi connectivity index (χ0) is 38.3. The number of aromatic nitrogens is 5. The minimum atomic E-state index is -0.533. The summed E-state index contributed by atoms with van der Waals surface area (Å²) in [7, 11) is 0. The van der Waals surface area contributed by atoms with E-state index in [9.17, 15) is 9.59 Å². The molecule has 2 amide bonds. The number of thiophene rings is 1. The third-order valence-electron chi connectivity index (χ3n) is 9.27. The molecule has 0 saturated carbocycles. The van der Waals surface area contributed by atoms with Gasteiger partial charge in [0.25, 0.3) is 0 Å². The molecule has 0 aliphatic carbocycles. The molecule has 5 aromatic rings. The molecule has 3 N–H and O–H groups in total. The second-order valence-electron chi connectivity index (χ2n) is 13.1. The van der Waals surface area contributed by atoms with Gasteiger partial charge in [-0.1, -0.05) is 23.7 Å². The second-order valence-corrected chi connectivity index (χ2v) is 14.8. The lowest BCUT2D eigenvalue weighted by Gasteiger charge is -2.13. The second kappa shape index (κ2) is 19.0. The Bertz CT molecular complexity index is 2190. The van der Waals surface area contributed by atoms with Crippen LogP contribution >= 0.6 is 36.4 Å². The van der Waals surface area contributed by atoms with Crippen LogP contribution in [-0.4, -0.2) is 95.0 Å². The first-order valence-corrected chi connectivity index (χ1v) is 19.3. The van der Waals surface area contributed by atoms with Crippen molar-refractivity contribution in [3.63, 3.8) is 0 Å². The summed E-state index contributed by atoms with van der Waals surface area (Å²) in [5, 5.41) is 19.4. The van der Waals surface area contributed by atoms with Gasteiger partial charge in [-0.05, 0) is 56.7 Å². The molecule has 294 valence electrons. The fourth-order valence-electron chi connectivity index (χ4n) is 6.37. The van der Waals surface area contributed by atoms with Gasteiger partial charge < -0.3 is 30.2 Å². The minimum absolute atomic E-state index is 0. The van der Waals surface area contributed by atoms with Crippen molar-refractivity contribution in [3.05, 3.63) is 98.7 Å². The van der Waals surface area contributed by atoms with Crippen LogP contribution in [0, 0.1) is 20.8 Å². The van der Waals surface area contributed by atoms with Gasteiger partial charge in [0.1, 0.15) is 28.5 Å². The van der Waals surface area contributed by atoms with E-state index in [0.29, 0.717) is 75.8 Å². The van der Waals surface area contributed by atoms with Crippen LogP contribution in [0.2, 0.25) is 5.02 Å². The first-order chi connectivity index (χ1) is 26.7. The molecule has 0 spiro atoms. The molecule has 0 saturated heterocycles. The van der Waals surface area contributed by atoms with E-state index >= 15 is 0 Å². The Labute approximate surface area is 340 Å². The van der Waals surface area contributed by atoms with Gasteiger partial charge in [0, 0.05) is 63.2 Å². The fraction of sp³-hybridized carbons (Fsp3) is 0.359. The van der Waals surface area contributed by atoms with E-state index in [1.165, 1.54) is 4.88 Å². The molecule has 6 heterocycles. The molecule has 2 aliphatic heterocycles. The van der Waals surface area contributed by atoms with Crippen LogP contribution < -0.4 is 16.0 Å². The Kier molecular flexibility index (Phi) is 13.9. The summed E-state index contributed by atoms with van der Waals surface area (Å²) in [5.74, 6) is 2.56. The van der Waals surface area contributed by atoms with Crippen molar-refractivity contribution in [2.75, 3.05) is 63.4 Å². The maximum atomic E-state index is 13.2. The third kappa shape index (κ3) is 9.62. The van der Waals surface area contributed by atoms with E-state index < -0.39 is 6.04 Å². The number of hydrogen-bond acceptors (Lipinski definition) is 12. The van der Waals surface area contributed by atoms with Crippen LogP contribution in [0.5, 0.6) is 0 Å². The van der Waals surface area contributed by atoms with Gasteiger partial charge in [-0.15, -0.1) is 21.5 Å². The van der Waals surface area contributed by atoms with Crippen molar-refractivity contribution in [1.29, 1.82) is 0 Å². The SMILES string of the molecule is Cc1sc2c(c1C)C(c1ccc(Cl)cc1)=N[C@@H](CC(=O)NCCOCCOCCOCCNc1ccc(-c3cnc4c(c3)CC(=O)N4)cn1)c1nnc(C)n1-2.S. The Morgan fingerprint density at radius 1 is 0.911 bits per heavy atom. The summed E-state index contributed by atoms with van der Waals surface area (Å²) in [5.41, 5.74) is 6.64. The Morgan fingerprint density at radius 3 is 2.34 bits per heavy atom. The lowest BCUT2D eigenvalue weighted by Crippen LogP contribution is -2.29. The van der Waals surface area contributed by atoms with Gasteiger partial charge in [0.15, 0.2) is 5.82 Å². The number of halogens is 1. The molecular formula is C39H44ClN9O5S2. The van der Waals surface area contributed by atoms with E-state index in [2.05, 4.69) is 50.0 Å². The molecule has 7 rings (SSSR count). The lowest BCUT2D eigenvalue weighted by molar-refractivity contribution is -0.121. The average molecular weight is 818 g/mol. The molecule has 56 heavy (non-hydrogen) atoms. The summed E-state index contributed by atoms with van der Waals surface area (Å²) >= 11 is 7.89. The lowest BCUT2D eigenvalue weighted by atomic mass is 9.99. The maximum absolute atomic E-state index is 13.2. The molecular weight excluding hydrogens is 774 g/mol. The molecule has 17 heteroatoms. The van der Waals surface area contributed by atoms with E-state index in [1.54, 1.807) is 23.7 Å². The highest BCUT2D eigenvalue weighted by Gasteiger charge is 2.32. The molecule has 1 atom stereocenters. The van der Waals surface area contributed by atoms with Crippen molar-refractivity contribution in [2.24, 2.45) is 4.99 Å². The number of amides is 2. The van der Waals surface area contributed by atoms with Crippen LogP contribution in [0.1, 0.15) is 51.2 Å². The van der Waals surface area contributed by atoms with Crippen molar-refractivity contribution in [1.82, 2.24) is 30.0 Å². The Balaban J connectivity index is 0.00000532. The number of ether oxygens (including phenoxy) is 3. The van der Waals surface area contributed by atoms with Crippen LogP contribution in [0.3, 0.4) is 0 Å². The van der Waals surface area contributed by atoms with Crippen LogP contribution in [0.15, 0.2) is 59.9 Å². The molecule has 0 bridgehead atoms. The van der Waals surface area contributed by atoms with Gasteiger partial charge in [-0.2, -0.15) is 13.5 Å². The zero-order valence-electron chi connectivity index (χ0n) is 31.4. The van der Waals surface area contributed by atoms with E-state index in [4.69, 9.17) is 30.8 Å². The number of nitrogens with zero attached hydrogens (tertiary/aromatic N) is 6. The highest BCUT2D eigenvalue weighted by molar-refractivity contribution is 7.59. The topological polar surface area (TPSA) is 167 Å². The van der Waals surface area contributed by atoms with Crippen LogP contribution in [0.4, 0.5) is 11.6 Å². The number of carbonyl (C=O) groups excluding carboxylic acids is 2. The highest BCUT2D eigenvalue weighted by Crippen LogP contribution is 2.39. The van der Waals surface area contributed by atoms with Gasteiger partial charge in [-0.25, -0.2) is 9.97 Å². The molecule has 0 radical (unpaired) electrons. The highest BCUT2D eigenvalue weighted by atomic mass is 35.5. The Hall–Kier alpha value is -4.71. The van der Waals surface area contributed by atoms with Crippen molar-refractivity contribution in [2.45, 2.75) is 39.7 Å². The van der Waals surface area contributed by atoms with E-state index in [0.717, 1.165) is 55.7 Å². The summed E-state index contributed by atoms with van der Waals surface area (Å²) in [6.07, 6.45) is 3.98. The smallest absolute Gasteiger partial charge is 0.230 e. The van der Waals surface area contributed by atoms with E-state index in [1.807, 2.05) is 54.0 Å². The number of carbonyl (C=O) groups is 2. The van der Waals surface area contributed by atoms with Crippen molar-refractivity contribution < 1.29 is 23.8 Å². The molecule has 1 aromatic carbocycles. The van der Waals surface area contributed by atoms with Gasteiger partial charge in [-0.3, -0.25) is 19.1 Å². The summed E-state index contributed by atoms with van der Waals surface area (Å²) in [6.45, 7) is 9.64. The van der Waals surface area contributed by atoms with Gasteiger partial charge in [0.05, 0.1) is 58.2 Å². The average Bonchev–Trinajstić information content (AvgIpc) is 3.82. The number of fused-ring (bicyclic) bond motifs is 4. The normalized spacial score (nSPS) is 14.2. The van der Waals surface area contributed by atoms with Crippen LogP contribution in [0.25, 0.3) is 16.1 Å². The summed E-state index contributed by atoms with van der Waals surface area (Å²) < 4.78 is 19.0. The van der Waals surface area contributed by atoms with Gasteiger partial charge in [0.2, 0.25) is 11.8 Å². The maximum Gasteiger partial charge on any atom is 0.230 e. The summed E-state index contributed by atoms with van der Waals surface area (Å²) in [4.78, 5) is 39.9. The number of anilines is 2. The third-order valence-corrected chi connectivity index (χ3v) is 10.7.